The Kier molecular flexibility index (Phi) is 5.69. The molecule has 152 valence electrons. The Morgan fingerprint density at radius 3 is 2.45 bits per heavy atom. The van der Waals surface area contributed by atoms with Crippen LogP contribution < -0.4 is 9.88 Å². The smallest absolute Gasteiger partial charge is 0.254 e. The molecular weight excluding hydrogens is 398 g/mol. The topological polar surface area (TPSA) is 136 Å². The number of hydroxylamine groups is 2. The quantitative estimate of drug-likeness (QED) is 0.463. The Balaban J connectivity index is 2.19. The van der Waals surface area contributed by atoms with Gasteiger partial charge >= 0.3 is 0 Å². The molecule has 0 aliphatic heterocycles. The van der Waals surface area contributed by atoms with Crippen LogP contribution in [0.15, 0.2) is 57.8 Å². The minimum atomic E-state index is -4.04. The zero-order chi connectivity index (χ0) is 21.2. The average molecular weight is 417 g/mol. The number of rotatable bonds is 6. The molecule has 0 fully saturated rings. The van der Waals surface area contributed by atoms with Gasteiger partial charge in [-0.3, -0.25) is 10.0 Å². The van der Waals surface area contributed by atoms with E-state index >= 15 is 0 Å². The fourth-order valence-corrected chi connectivity index (χ4v) is 3.45. The first-order chi connectivity index (χ1) is 13.7. The molecule has 0 spiro atoms. The van der Waals surface area contributed by atoms with Crippen LogP contribution in [0.25, 0.3) is 22.6 Å². The van der Waals surface area contributed by atoms with Crippen LogP contribution in [0.2, 0.25) is 0 Å². The highest BCUT2D eigenvalue weighted by molar-refractivity contribution is 7.89. The van der Waals surface area contributed by atoms with Crippen molar-refractivity contribution in [3.8, 4) is 28.3 Å². The molecule has 29 heavy (non-hydrogen) atoms. The Bertz CT molecular complexity index is 1140. The molecule has 1 amide bonds. The highest BCUT2D eigenvalue weighted by atomic mass is 32.2. The Morgan fingerprint density at radius 2 is 1.86 bits per heavy atom. The molecular formula is C19H19N3O6S. The van der Waals surface area contributed by atoms with E-state index in [2.05, 4.69) is 4.98 Å². The second-order valence-corrected chi connectivity index (χ2v) is 7.68. The maximum Gasteiger partial charge on any atom is 0.254 e. The maximum absolute atomic E-state index is 12.0. The molecule has 3 aromatic rings. The summed E-state index contributed by atoms with van der Waals surface area (Å²) in [5.74, 6) is 0.143. The van der Waals surface area contributed by atoms with Crippen LogP contribution in [0.3, 0.4) is 0 Å². The van der Waals surface area contributed by atoms with Gasteiger partial charge in [-0.25, -0.2) is 23.6 Å². The molecule has 0 atom stereocenters. The maximum atomic E-state index is 12.0. The minimum Gasteiger partial charge on any atom is -0.497 e. The van der Waals surface area contributed by atoms with Crippen molar-refractivity contribution in [3.05, 3.63) is 54.4 Å². The Hall–Kier alpha value is -3.21. The van der Waals surface area contributed by atoms with Gasteiger partial charge in [0.1, 0.15) is 17.9 Å². The first kappa shape index (κ1) is 20.5. The van der Waals surface area contributed by atoms with E-state index in [1.54, 1.807) is 30.3 Å². The predicted octanol–water partition coefficient (Wildman–Crippen LogP) is 2.05. The van der Waals surface area contributed by atoms with E-state index in [9.17, 15) is 18.4 Å². The standard InChI is InChI=1S/C19H19N3O6S/c1-22(24)17(23)11-16-21-18(12-7-9-13(27-2)10-8-12)19(28-16)14-5-3-4-6-15(14)29(20,25)26/h3-10,24H,11H2,1-2H3,(H2,20,25,26). The van der Waals surface area contributed by atoms with E-state index in [0.717, 1.165) is 0 Å². The zero-order valence-electron chi connectivity index (χ0n) is 15.7. The summed E-state index contributed by atoms with van der Waals surface area (Å²) in [6.07, 6.45) is -0.312. The number of carbonyl (C=O) groups excluding carboxylic acids is 1. The van der Waals surface area contributed by atoms with Gasteiger partial charge in [0.2, 0.25) is 15.9 Å². The van der Waals surface area contributed by atoms with Gasteiger partial charge < -0.3 is 9.15 Å². The molecule has 2 aromatic carbocycles. The van der Waals surface area contributed by atoms with Crippen molar-refractivity contribution in [1.82, 2.24) is 10.0 Å². The van der Waals surface area contributed by atoms with E-state index in [1.165, 1.54) is 32.4 Å². The SMILES string of the molecule is COc1ccc(-c2nc(CC(=O)N(C)O)oc2-c2ccccc2S(N)(=O)=O)cc1. The lowest BCUT2D eigenvalue weighted by Gasteiger charge is -2.07. The van der Waals surface area contributed by atoms with Crippen LogP contribution in [0, 0.1) is 0 Å². The van der Waals surface area contributed by atoms with Crippen molar-refractivity contribution in [2.75, 3.05) is 14.2 Å². The van der Waals surface area contributed by atoms with Crippen molar-refractivity contribution < 1.29 is 27.6 Å². The highest BCUT2D eigenvalue weighted by Crippen LogP contribution is 2.36. The van der Waals surface area contributed by atoms with Crippen molar-refractivity contribution >= 4 is 15.9 Å². The van der Waals surface area contributed by atoms with E-state index in [-0.39, 0.29) is 28.5 Å². The molecule has 1 aromatic heterocycles. The number of primary sulfonamides is 1. The van der Waals surface area contributed by atoms with Crippen molar-refractivity contribution in [2.45, 2.75) is 11.3 Å². The molecule has 1 heterocycles. The number of nitrogens with zero attached hydrogens (tertiary/aromatic N) is 2. The lowest BCUT2D eigenvalue weighted by molar-refractivity contribution is -0.158. The number of nitrogens with two attached hydrogens (primary N) is 1. The second-order valence-electron chi connectivity index (χ2n) is 6.15. The zero-order valence-corrected chi connectivity index (χ0v) is 16.5. The van der Waals surface area contributed by atoms with Gasteiger partial charge in [-0.05, 0) is 36.4 Å². The molecule has 10 heteroatoms. The van der Waals surface area contributed by atoms with Gasteiger partial charge in [0, 0.05) is 18.2 Å². The highest BCUT2D eigenvalue weighted by Gasteiger charge is 2.24. The lowest BCUT2D eigenvalue weighted by atomic mass is 10.1. The summed E-state index contributed by atoms with van der Waals surface area (Å²) in [4.78, 5) is 16.1. The molecule has 0 radical (unpaired) electrons. The predicted molar refractivity (Wildman–Crippen MR) is 104 cm³/mol. The van der Waals surface area contributed by atoms with Crippen LogP contribution >= 0.6 is 0 Å². The summed E-state index contributed by atoms with van der Waals surface area (Å²) in [6, 6.07) is 13.0. The van der Waals surface area contributed by atoms with Crippen LogP contribution in [-0.2, 0) is 21.2 Å². The van der Waals surface area contributed by atoms with Crippen LogP contribution in [0.1, 0.15) is 5.89 Å². The lowest BCUT2D eigenvalue weighted by Crippen LogP contribution is -2.24. The molecule has 0 saturated carbocycles. The molecule has 9 nitrogen and oxygen atoms in total. The van der Waals surface area contributed by atoms with Gasteiger partial charge in [0.15, 0.2) is 5.76 Å². The number of ether oxygens (including phenoxy) is 1. The molecule has 0 unspecified atom stereocenters. The van der Waals surface area contributed by atoms with E-state index in [4.69, 9.17) is 14.3 Å². The van der Waals surface area contributed by atoms with Crippen molar-refractivity contribution in [1.29, 1.82) is 0 Å². The summed E-state index contributed by atoms with van der Waals surface area (Å²) in [5, 5.41) is 15.1. The van der Waals surface area contributed by atoms with E-state index < -0.39 is 15.9 Å². The number of likely N-dealkylation sites (N-methyl/N-ethyl adjacent to an activating group) is 1. The van der Waals surface area contributed by atoms with E-state index in [0.29, 0.717) is 22.1 Å². The Labute approximate surface area is 167 Å². The fourth-order valence-electron chi connectivity index (χ4n) is 2.71. The number of hydrogen-bond donors (Lipinski definition) is 2. The number of aromatic nitrogens is 1. The number of methoxy groups -OCH3 is 1. The fraction of sp³-hybridized carbons (Fsp3) is 0.158. The number of sulfonamides is 1. The van der Waals surface area contributed by atoms with Gasteiger partial charge in [-0.1, -0.05) is 12.1 Å². The molecule has 0 aliphatic rings. The third kappa shape index (κ3) is 4.45. The second kappa shape index (κ2) is 8.03. The third-order valence-corrected chi connectivity index (χ3v) is 5.11. The first-order valence-corrected chi connectivity index (χ1v) is 9.97. The number of amides is 1. The van der Waals surface area contributed by atoms with E-state index in [1.807, 2.05) is 0 Å². The van der Waals surface area contributed by atoms with Crippen LogP contribution in [-0.4, -0.2) is 43.7 Å². The molecule has 3 rings (SSSR count). The summed E-state index contributed by atoms with van der Waals surface area (Å²) in [6.45, 7) is 0. The average Bonchev–Trinajstić information content (AvgIpc) is 3.11. The normalized spacial score (nSPS) is 11.3. The number of oxazole rings is 1. The van der Waals surface area contributed by atoms with Gasteiger partial charge in [-0.2, -0.15) is 0 Å². The molecule has 0 aliphatic carbocycles. The summed E-state index contributed by atoms with van der Waals surface area (Å²) < 4.78 is 35.0. The van der Waals surface area contributed by atoms with Crippen molar-refractivity contribution in [3.63, 3.8) is 0 Å². The third-order valence-electron chi connectivity index (χ3n) is 4.14. The Morgan fingerprint density at radius 1 is 1.21 bits per heavy atom. The largest absolute Gasteiger partial charge is 0.497 e. The number of carbonyl (C=O) groups is 1. The summed E-state index contributed by atoms with van der Waals surface area (Å²) in [5.41, 5.74) is 1.15. The monoisotopic (exact) mass is 417 g/mol. The molecule has 3 N–H and O–H groups in total. The van der Waals surface area contributed by atoms with Crippen LogP contribution in [0.5, 0.6) is 5.75 Å². The molecule has 0 bridgehead atoms. The number of hydrogen-bond acceptors (Lipinski definition) is 7. The summed E-state index contributed by atoms with van der Waals surface area (Å²) >= 11 is 0. The van der Waals surface area contributed by atoms with Crippen molar-refractivity contribution in [2.24, 2.45) is 5.14 Å². The first-order valence-electron chi connectivity index (χ1n) is 8.42. The van der Waals surface area contributed by atoms with Gasteiger partial charge in [0.05, 0.1) is 12.0 Å². The molecule has 0 saturated heterocycles. The van der Waals surface area contributed by atoms with Crippen LogP contribution in [0.4, 0.5) is 0 Å². The number of benzene rings is 2. The summed E-state index contributed by atoms with van der Waals surface area (Å²) in [7, 11) is -1.32. The minimum absolute atomic E-state index is 0.0148. The van der Waals surface area contributed by atoms with Gasteiger partial charge in [0.25, 0.3) is 5.91 Å². The van der Waals surface area contributed by atoms with Gasteiger partial charge in [-0.15, -0.1) is 0 Å².